The van der Waals surface area contributed by atoms with Gasteiger partial charge in [0.15, 0.2) is 0 Å². The lowest BCUT2D eigenvalue weighted by atomic mass is 10.4. The van der Waals surface area contributed by atoms with E-state index in [0.29, 0.717) is 6.54 Å². The second-order valence-electron chi connectivity index (χ2n) is 4.35. The van der Waals surface area contributed by atoms with Gasteiger partial charge in [-0.05, 0) is 13.1 Å². The quantitative estimate of drug-likeness (QED) is 0.700. The fraction of sp³-hybridized carbons (Fsp3) is 0.600. The minimum absolute atomic E-state index is 0.0618. The van der Waals surface area contributed by atoms with E-state index in [4.69, 9.17) is 0 Å². The van der Waals surface area contributed by atoms with E-state index in [0.717, 1.165) is 16.3 Å². The molecule has 0 saturated heterocycles. The predicted octanol–water partition coefficient (Wildman–Crippen LogP) is -0.601. The maximum absolute atomic E-state index is 12.2. The van der Waals surface area contributed by atoms with Crippen LogP contribution in [0.15, 0.2) is 17.2 Å². The molecule has 9 heteroatoms. The van der Waals surface area contributed by atoms with Gasteiger partial charge in [-0.25, -0.2) is 16.8 Å². The van der Waals surface area contributed by atoms with E-state index in [2.05, 4.69) is 10.3 Å². The first kappa shape index (κ1) is 16.2. The molecule has 110 valence electrons. The van der Waals surface area contributed by atoms with Crippen LogP contribution in [0.1, 0.15) is 5.69 Å². The molecule has 0 spiro atoms. The van der Waals surface area contributed by atoms with Crippen LogP contribution in [0.2, 0.25) is 0 Å². The van der Waals surface area contributed by atoms with Crippen molar-refractivity contribution in [1.29, 1.82) is 0 Å². The summed E-state index contributed by atoms with van der Waals surface area (Å²) in [6, 6.07) is 1.53. The highest BCUT2D eigenvalue weighted by molar-refractivity contribution is 7.91. The molecule has 2 N–H and O–H groups in total. The average Bonchev–Trinajstić information content (AvgIpc) is 2.74. The Kier molecular flexibility index (Phi) is 5.13. The van der Waals surface area contributed by atoms with Gasteiger partial charge in [-0.3, -0.25) is 0 Å². The van der Waals surface area contributed by atoms with E-state index in [1.165, 1.54) is 19.3 Å². The van der Waals surface area contributed by atoms with E-state index in [-0.39, 0.29) is 17.2 Å². The molecule has 0 unspecified atom stereocenters. The molecular formula is C10H19N3O4S2. The number of sulfone groups is 1. The highest BCUT2D eigenvalue weighted by Crippen LogP contribution is 2.15. The molecule has 0 atom stereocenters. The third-order valence-electron chi connectivity index (χ3n) is 2.57. The van der Waals surface area contributed by atoms with E-state index in [9.17, 15) is 16.8 Å². The number of H-pyrrole nitrogens is 1. The summed E-state index contributed by atoms with van der Waals surface area (Å²) in [6.45, 7) is 0.469. The predicted molar refractivity (Wildman–Crippen MR) is 73.1 cm³/mol. The van der Waals surface area contributed by atoms with Crippen molar-refractivity contribution >= 4 is 19.9 Å². The van der Waals surface area contributed by atoms with Gasteiger partial charge in [0.2, 0.25) is 10.0 Å². The zero-order valence-corrected chi connectivity index (χ0v) is 12.8. The summed E-state index contributed by atoms with van der Waals surface area (Å²) in [4.78, 5) is 2.99. The van der Waals surface area contributed by atoms with Crippen LogP contribution in [-0.2, 0) is 26.4 Å². The number of hydrogen-bond acceptors (Lipinski definition) is 5. The summed E-state index contributed by atoms with van der Waals surface area (Å²) < 4.78 is 47.5. The summed E-state index contributed by atoms with van der Waals surface area (Å²) in [5.74, 6) is -0.198. The summed E-state index contributed by atoms with van der Waals surface area (Å²) in [5.41, 5.74) is 0.748. The second kappa shape index (κ2) is 6.04. The van der Waals surface area contributed by atoms with Crippen molar-refractivity contribution < 1.29 is 16.8 Å². The highest BCUT2D eigenvalue weighted by Gasteiger charge is 2.22. The van der Waals surface area contributed by atoms with E-state index >= 15 is 0 Å². The Morgan fingerprint density at radius 1 is 1.32 bits per heavy atom. The molecule has 0 aliphatic heterocycles. The minimum Gasteiger partial charge on any atom is -0.363 e. The van der Waals surface area contributed by atoms with E-state index in [1.54, 1.807) is 7.05 Å². The third-order valence-corrected chi connectivity index (χ3v) is 5.33. The molecule has 0 aliphatic rings. The highest BCUT2D eigenvalue weighted by atomic mass is 32.2. The van der Waals surface area contributed by atoms with Crippen LogP contribution < -0.4 is 5.32 Å². The van der Waals surface area contributed by atoms with E-state index in [1.807, 2.05) is 0 Å². The lowest BCUT2D eigenvalue weighted by Gasteiger charge is -2.15. The lowest BCUT2D eigenvalue weighted by Crippen LogP contribution is -2.31. The van der Waals surface area contributed by atoms with Crippen molar-refractivity contribution in [3.8, 4) is 0 Å². The maximum atomic E-state index is 12.2. The fourth-order valence-electron chi connectivity index (χ4n) is 1.45. The van der Waals surface area contributed by atoms with Gasteiger partial charge >= 0.3 is 0 Å². The van der Waals surface area contributed by atoms with Crippen molar-refractivity contribution in [1.82, 2.24) is 14.6 Å². The van der Waals surface area contributed by atoms with Crippen molar-refractivity contribution in [3.63, 3.8) is 0 Å². The molecule has 0 bridgehead atoms. The van der Waals surface area contributed by atoms with Crippen LogP contribution in [0.25, 0.3) is 0 Å². The molecule has 1 heterocycles. The Morgan fingerprint density at radius 2 is 1.95 bits per heavy atom. The summed E-state index contributed by atoms with van der Waals surface area (Å²) in [5, 5.41) is 2.90. The Balaban J connectivity index is 2.84. The maximum Gasteiger partial charge on any atom is 0.244 e. The van der Waals surface area contributed by atoms with Crippen LogP contribution in [-0.4, -0.2) is 58.8 Å². The summed E-state index contributed by atoms with van der Waals surface area (Å²) >= 11 is 0. The first-order chi connectivity index (χ1) is 8.66. The Bertz CT molecular complexity index is 619. The number of nitrogens with one attached hydrogen (secondary N) is 2. The molecule has 1 aromatic heterocycles. The molecule has 0 aliphatic carbocycles. The van der Waals surface area contributed by atoms with Gasteiger partial charge in [-0.15, -0.1) is 0 Å². The summed E-state index contributed by atoms with van der Waals surface area (Å²) in [6.07, 6.45) is 2.48. The molecule has 0 amide bonds. The topological polar surface area (TPSA) is 99.3 Å². The average molecular weight is 309 g/mol. The number of hydrogen-bond donors (Lipinski definition) is 2. The first-order valence-electron chi connectivity index (χ1n) is 5.63. The monoisotopic (exact) mass is 309 g/mol. The molecule has 1 aromatic rings. The van der Waals surface area contributed by atoms with Crippen LogP contribution in [0, 0.1) is 0 Å². The number of aromatic nitrogens is 1. The normalized spacial score (nSPS) is 13.1. The second-order valence-corrected chi connectivity index (χ2v) is 8.65. The minimum atomic E-state index is -3.65. The SMILES string of the molecule is CNCc1cc(S(=O)(=O)N(C)CCS(C)(=O)=O)c[nH]1. The molecule has 1 rings (SSSR count). The fourth-order valence-corrected chi connectivity index (χ4v) is 3.37. The smallest absolute Gasteiger partial charge is 0.244 e. The van der Waals surface area contributed by atoms with Gasteiger partial charge in [-0.2, -0.15) is 4.31 Å². The van der Waals surface area contributed by atoms with Crippen LogP contribution >= 0.6 is 0 Å². The molecule has 7 nitrogen and oxygen atoms in total. The molecular weight excluding hydrogens is 290 g/mol. The van der Waals surface area contributed by atoms with Crippen molar-refractivity contribution in [2.24, 2.45) is 0 Å². The van der Waals surface area contributed by atoms with Gasteiger partial charge in [0, 0.05) is 38.3 Å². The number of sulfonamides is 1. The number of aromatic amines is 1. The van der Waals surface area contributed by atoms with Crippen molar-refractivity contribution in [2.45, 2.75) is 11.4 Å². The zero-order valence-electron chi connectivity index (χ0n) is 11.2. The molecule has 0 aromatic carbocycles. The van der Waals surface area contributed by atoms with Crippen molar-refractivity contribution in [2.75, 3.05) is 32.6 Å². The van der Waals surface area contributed by atoms with Crippen LogP contribution in [0.3, 0.4) is 0 Å². The van der Waals surface area contributed by atoms with Gasteiger partial charge in [-0.1, -0.05) is 0 Å². The number of nitrogens with zero attached hydrogens (tertiary/aromatic N) is 1. The van der Waals surface area contributed by atoms with Gasteiger partial charge in [0.25, 0.3) is 0 Å². The zero-order chi connectivity index (χ0) is 14.7. The first-order valence-corrected chi connectivity index (χ1v) is 9.13. The van der Waals surface area contributed by atoms with Crippen LogP contribution in [0.5, 0.6) is 0 Å². The lowest BCUT2D eigenvalue weighted by molar-refractivity contribution is 0.485. The standard InChI is InChI=1S/C10H19N3O4S2/c1-11-7-9-6-10(8-12-9)19(16,17)13(2)4-5-18(3,14)15/h6,8,11-12H,4-5,7H2,1-3H3. The molecule has 0 saturated carbocycles. The number of rotatable bonds is 7. The molecule has 0 radical (unpaired) electrons. The van der Waals surface area contributed by atoms with Gasteiger partial charge in [0.1, 0.15) is 9.84 Å². The van der Waals surface area contributed by atoms with Crippen molar-refractivity contribution in [3.05, 3.63) is 18.0 Å². The largest absolute Gasteiger partial charge is 0.363 e. The third kappa shape index (κ3) is 4.60. The summed E-state index contributed by atoms with van der Waals surface area (Å²) in [7, 11) is -3.71. The Morgan fingerprint density at radius 3 is 2.47 bits per heavy atom. The van der Waals surface area contributed by atoms with Gasteiger partial charge in [0.05, 0.1) is 10.6 Å². The van der Waals surface area contributed by atoms with E-state index < -0.39 is 19.9 Å². The Hall–Kier alpha value is -0.900. The Labute approximate surface area is 114 Å². The molecule has 19 heavy (non-hydrogen) atoms. The van der Waals surface area contributed by atoms with Gasteiger partial charge < -0.3 is 10.3 Å². The molecule has 0 fully saturated rings. The van der Waals surface area contributed by atoms with Crippen LogP contribution in [0.4, 0.5) is 0 Å².